The van der Waals surface area contributed by atoms with Gasteiger partial charge in [0.25, 0.3) is 10.0 Å². The van der Waals surface area contributed by atoms with Gasteiger partial charge >= 0.3 is 0 Å². The summed E-state index contributed by atoms with van der Waals surface area (Å²) in [4.78, 5) is -0.129. The van der Waals surface area contributed by atoms with Crippen molar-refractivity contribution in [2.24, 2.45) is 0 Å². The van der Waals surface area contributed by atoms with E-state index in [0.717, 1.165) is 6.07 Å². The van der Waals surface area contributed by atoms with E-state index in [1.165, 1.54) is 30.3 Å². The van der Waals surface area contributed by atoms with E-state index in [1.54, 1.807) is 0 Å². The third kappa shape index (κ3) is 3.15. The van der Waals surface area contributed by atoms with Crippen LogP contribution in [0, 0.1) is 5.82 Å². The number of nitrogen functional groups attached to an aromatic ring is 1. The molecule has 0 amide bonds. The number of hydrogen-bond donors (Lipinski definition) is 2. The van der Waals surface area contributed by atoms with Crippen LogP contribution in [-0.4, -0.2) is 8.42 Å². The summed E-state index contributed by atoms with van der Waals surface area (Å²) in [5, 5.41) is 0.305. The number of sulfonamides is 1. The highest BCUT2D eigenvalue weighted by atomic mass is 35.5. The topological polar surface area (TPSA) is 72.2 Å². The minimum Gasteiger partial charge on any atom is -0.398 e. The van der Waals surface area contributed by atoms with Gasteiger partial charge in [0.1, 0.15) is 5.82 Å². The van der Waals surface area contributed by atoms with Gasteiger partial charge in [-0.25, -0.2) is 12.8 Å². The van der Waals surface area contributed by atoms with Crippen LogP contribution in [0.4, 0.5) is 15.8 Å². The van der Waals surface area contributed by atoms with Crippen LogP contribution >= 0.6 is 23.2 Å². The standard InChI is InChI=1S/C12H9Cl2FN2O2S/c13-7-1-3-10(15)12(5-7)17-20(18,19)8-2-4-11(16)9(14)6-8/h1-6,17H,16H2. The van der Waals surface area contributed by atoms with Gasteiger partial charge in [-0.3, -0.25) is 4.72 Å². The Labute approximate surface area is 125 Å². The molecule has 0 spiro atoms. The Morgan fingerprint density at radius 1 is 1.10 bits per heavy atom. The smallest absolute Gasteiger partial charge is 0.262 e. The van der Waals surface area contributed by atoms with E-state index in [1.807, 2.05) is 0 Å². The van der Waals surface area contributed by atoms with Gasteiger partial charge in [0.05, 0.1) is 21.3 Å². The van der Waals surface area contributed by atoms with Crippen molar-refractivity contribution in [2.75, 3.05) is 10.5 Å². The van der Waals surface area contributed by atoms with Crippen molar-refractivity contribution in [1.82, 2.24) is 0 Å². The Morgan fingerprint density at radius 3 is 2.45 bits per heavy atom. The van der Waals surface area contributed by atoms with Crippen LogP contribution in [0.25, 0.3) is 0 Å². The highest BCUT2D eigenvalue weighted by Gasteiger charge is 2.17. The summed E-state index contributed by atoms with van der Waals surface area (Å²) in [6, 6.07) is 7.36. The maximum atomic E-state index is 13.5. The molecule has 3 N–H and O–H groups in total. The van der Waals surface area contributed by atoms with Gasteiger partial charge in [-0.2, -0.15) is 0 Å². The number of halogens is 3. The highest BCUT2D eigenvalue weighted by molar-refractivity contribution is 7.92. The van der Waals surface area contributed by atoms with E-state index in [4.69, 9.17) is 28.9 Å². The lowest BCUT2D eigenvalue weighted by Crippen LogP contribution is -2.14. The first-order valence-corrected chi connectivity index (χ1v) is 7.56. The van der Waals surface area contributed by atoms with Crippen molar-refractivity contribution in [2.45, 2.75) is 4.90 Å². The Kier molecular flexibility index (Phi) is 4.08. The minimum atomic E-state index is -3.98. The highest BCUT2D eigenvalue weighted by Crippen LogP contribution is 2.26. The summed E-state index contributed by atoms with van der Waals surface area (Å²) in [5.74, 6) is -0.737. The van der Waals surface area contributed by atoms with Gasteiger partial charge in [-0.05, 0) is 36.4 Å². The first-order valence-electron chi connectivity index (χ1n) is 5.32. The van der Waals surface area contributed by atoms with Crippen molar-refractivity contribution < 1.29 is 12.8 Å². The lowest BCUT2D eigenvalue weighted by molar-refractivity contribution is 0.598. The van der Waals surface area contributed by atoms with E-state index < -0.39 is 15.8 Å². The third-order valence-electron chi connectivity index (χ3n) is 2.45. The number of benzene rings is 2. The zero-order valence-electron chi connectivity index (χ0n) is 9.90. The zero-order chi connectivity index (χ0) is 14.9. The summed E-state index contributed by atoms with van der Waals surface area (Å²) in [6.07, 6.45) is 0. The molecule has 0 aliphatic heterocycles. The molecule has 2 aromatic rings. The van der Waals surface area contributed by atoms with Crippen molar-refractivity contribution in [1.29, 1.82) is 0 Å². The summed E-state index contributed by atoms with van der Waals surface area (Å²) in [7, 11) is -3.98. The van der Waals surface area contributed by atoms with Crippen LogP contribution in [0.3, 0.4) is 0 Å². The minimum absolute atomic E-state index is 0.0967. The molecular weight excluding hydrogens is 326 g/mol. The third-order valence-corrected chi connectivity index (χ3v) is 4.38. The maximum absolute atomic E-state index is 13.5. The largest absolute Gasteiger partial charge is 0.398 e. The molecule has 2 rings (SSSR count). The molecule has 0 atom stereocenters. The Hall–Kier alpha value is -1.50. The fourth-order valence-electron chi connectivity index (χ4n) is 1.45. The second kappa shape index (κ2) is 5.47. The first-order chi connectivity index (χ1) is 9.29. The Bertz CT molecular complexity index is 766. The molecule has 0 fully saturated rings. The van der Waals surface area contributed by atoms with Crippen molar-refractivity contribution in [3.8, 4) is 0 Å². The molecule has 0 aliphatic carbocycles. The molecule has 0 saturated heterocycles. The van der Waals surface area contributed by atoms with Gasteiger partial charge < -0.3 is 5.73 Å². The van der Waals surface area contributed by atoms with Gasteiger partial charge in [0, 0.05) is 5.02 Å². The van der Waals surface area contributed by atoms with Crippen LogP contribution in [0.2, 0.25) is 10.0 Å². The quantitative estimate of drug-likeness (QED) is 0.843. The van der Waals surface area contributed by atoms with Crippen LogP contribution < -0.4 is 10.5 Å². The number of nitrogens with two attached hydrogens (primary N) is 1. The van der Waals surface area contributed by atoms with Crippen molar-refractivity contribution >= 4 is 44.6 Å². The lowest BCUT2D eigenvalue weighted by atomic mass is 10.3. The summed E-state index contributed by atoms with van der Waals surface area (Å²) in [6.45, 7) is 0. The second-order valence-corrected chi connectivity index (χ2v) is 6.44. The lowest BCUT2D eigenvalue weighted by Gasteiger charge is -2.10. The molecule has 106 valence electrons. The Morgan fingerprint density at radius 2 is 1.80 bits per heavy atom. The molecule has 8 heteroatoms. The average molecular weight is 335 g/mol. The molecule has 0 aromatic heterocycles. The number of rotatable bonds is 3. The van der Waals surface area contributed by atoms with E-state index in [0.29, 0.717) is 0 Å². The fraction of sp³-hybridized carbons (Fsp3) is 0. The molecule has 0 saturated carbocycles. The molecular formula is C12H9Cl2FN2O2S. The molecule has 0 bridgehead atoms. The van der Waals surface area contributed by atoms with Crippen molar-refractivity contribution in [3.05, 3.63) is 52.3 Å². The normalized spacial score (nSPS) is 11.3. The predicted molar refractivity (Wildman–Crippen MR) is 78.1 cm³/mol. The number of hydrogen-bond acceptors (Lipinski definition) is 3. The van der Waals surface area contributed by atoms with Gasteiger partial charge in [-0.15, -0.1) is 0 Å². The van der Waals surface area contributed by atoms with E-state index in [-0.39, 0.29) is 26.3 Å². The van der Waals surface area contributed by atoms with Crippen LogP contribution in [0.5, 0.6) is 0 Å². The summed E-state index contributed by atoms with van der Waals surface area (Å²) in [5.41, 5.74) is 5.51. The molecule has 4 nitrogen and oxygen atoms in total. The fourth-order valence-corrected chi connectivity index (χ4v) is 2.96. The first kappa shape index (κ1) is 14.9. The SMILES string of the molecule is Nc1ccc(S(=O)(=O)Nc2cc(Cl)ccc2F)cc1Cl. The van der Waals surface area contributed by atoms with Crippen LogP contribution in [0.1, 0.15) is 0 Å². The van der Waals surface area contributed by atoms with Crippen LogP contribution in [-0.2, 0) is 10.0 Å². The maximum Gasteiger partial charge on any atom is 0.262 e. The molecule has 20 heavy (non-hydrogen) atoms. The van der Waals surface area contributed by atoms with Gasteiger partial charge in [0.2, 0.25) is 0 Å². The van der Waals surface area contributed by atoms with Gasteiger partial charge in [0.15, 0.2) is 0 Å². The van der Waals surface area contributed by atoms with Crippen molar-refractivity contribution in [3.63, 3.8) is 0 Å². The van der Waals surface area contributed by atoms with E-state index >= 15 is 0 Å². The molecule has 2 aromatic carbocycles. The van der Waals surface area contributed by atoms with Crippen LogP contribution in [0.15, 0.2) is 41.3 Å². The Balaban J connectivity index is 2.40. The summed E-state index contributed by atoms with van der Waals surface area (Å²) >= 11 is 11.5. The second-order valence-electron chi connectivity index (χ2n) is 3.91. The average Bonchev–Trinajstić information content (AvgIpc) is 2.36. The number of anilines is 2. The van der Waals surface area contributed by atoms with E-state index in [9.17, 15) is 12.8 Å². The molecule has 0 heterocycles. The molecule has 0 radical (unpaired) electrons. The summed E-state index contributed by atoms with van der Waals surface area (Å²) < 4.78 is 39.8. The molecule has 0 aliphatic rings. The molecule has 0 unspecified atom stereocenters. The number of nitrogens with one attached hydrogen (secondary N) is 1. The monoisotopic (exact) mass is 334 g/mol. The van der Waals surface area contributed by atoms with E-state index in [2.05, 4.69) is 4.72 Å². The predicted octanol–water partition coefficient (Wildman–Crippen LogP) is 3.52. The van der Waals surface area contributed by atoms with Gasteiger partial charge in [-0.1, -0.05) is 23.2 Å². The zero-order valence-corrected chi connectivity index (χ0v) is 12.2.